The smallest absolute Gasteiger partial charge is 0.343 e. The van der Waals surface area contributed by atoms with Crippen LogP contribution in [-0.2, 0) is 16.0 Å². The van der Waals surface area contributed by atoms with Gasteiger partial charge in [0.2, 0.25) is 0 Å². The summed E-state index contributed by atoms with van der Waals surface area (Å²) in [6.45, 7) is 6.21. The van der Waals surface area contributed by atoms with Crippen LogP contribution in [0.5, 0.6) is 17.2 Å². The average molecular weight is 503 g/mol. The largest absolute Gasteiger partial charge is 0.494 e. The lowest BCUT2D eigenvalue weighted by atomic mass is 10.1. The van der Waals surface area contributed by atoms with Crippen molar-refractivity contribution in [3.05, 3.63) is 102 Å². The molecule has 0 amide bonds. The van der Waals surface area contributed by atoms with E-state index in [4.69, 9.17) is 18.9 Å². The Morgan fingerprint density at radius 3 is 1.70 bits per heavy atom. The highest BCUT2D eigenvalue weighted by molar-refractivity contribution is 5.92. The zero-order chi connectivity index (χ0) is 26.5. The molecule has 0 saturated heterocycles. The minimum absolute atomic E-state index is 0.315. The lowest BCUT2D eigenvalue weighted by Gasteiger charge is -2.09. The van der Waals surface area contributed by atoms with E-state index < -0.39 is 17.9 Å². The lowest BCUT2D eigenvalue weighted by Crippen LogP contribution is -2.10. The van der Waals surface area contributed by atoms with Gasteiger partial charge in [-0.1, -0.05) is 32.1 Å². The molecular formula is C30H30O7. The van der Waals surface area contributed by atoms with Crippen molar-refractivity contribution in [2.24, 2.45) is 0 Å². The Kier molecular flexibility index (Phi) is 10.5. The first-order valence-corrected chi connectivity index (χ1v) is 12.1. The number of benzene rings is 3. The topological polar surface area (TPSA) is 88.1 Å². The van der Waals surface area contributed by atoms with Gasteiger partial charge in [-0.15, -0.1) is 0 Å². The molecule has 3 aromatic carbocycles. The van der Waals surface area contributed by atoms with Crippen LogP contribution in [-0.4, -0.2) is 31.1 Å². The highest BCUT2D eigenvalue weighted by atomic mass is 16.5. The van der Waals surface area contributed by atoms with Crippen molar-refractivity contribution in [2.45, 2.75) is 32.6 Å². The number of unbranched alkanes of at least 4 members (excludes halogenated alkanes) is 1. The summed E-state index contributed by atoms with van der Waals surface area (Å²) in [5.74, 6) is -0.120. The molecule has 0 unspecified atom stereocenters. The first-order valence-electron chi connectivity index (χ1n) is 12.1. The van der Waals surface area contributed by atoms with Gasteiger partial charge in [0.1, 0.15) is 17.2 Å². The van der Waals surface area contributed by atoms with Crippen molar-refractivity contribution >= 4 is 17.9 Å². The molecule has 7 nitrogen and oxygen atoms in total. The molecule has 0 aliphatic heterocycles. The van der Waals surface area contributed by atoms with Gasteiger partial charge in [0.05, 0.1) is 24.3 Å². The molecule has 0 fully saturated rings. The zero-order valence-corrected chi connectivity index (χ0v) is 20.8. The highest BCUT2D eigenvalue weighted by Gasteiger charge is 2.11. The van der Waals surface area contributed by atoms with Crippen molar-refractivity contribution in [1.29, 1.82) is 0 Å². The third-order valence-electron chi connectivity index (χ3n) is 5.28. The lowest BCUT2D eigenvalue weighted by molar-refractivity contribution is -0.137. The highest BCUT2D eigenvalue weighted by Crippen LogP contribution is 2.21. The SMILES string of the molecule is C=CC(=O)OCCCCOc1ccc(C(=O)Oc2ccc(OC(=O)c3ccc(CCC)cc3)cc2)cc1. The summed E-state index contributed by atoms with van der Waals surface area (Å²) in [7, 11) is 0. The minimum Gasteiger partial charge on any atom is -0.494 e. The maximum absolute atomic E-state index is 12.5. The number of aryl methyl sites for hydroxylation is 1. The molecule has 3 aromatic rings. The van der Waals surface area contributed by atoms with Gasteiger partial charge in [0.15, 0.2) is 0 Å². The van der Waals surface area contributed by atoms with Crippen LogP contribution in [0.15, 0.2) is 85.5 Å². The standard InChI is InChI=1S/C30H30O7/c1-3-7-22-8-10-23(11-9-22)29(32)36-26-16-18-27(19-17-26)37-30(33)24-12-14-25(15-13-24)34-20-5-6-21-35-28(31)4-2/h4,8-19H,2-3,5-7,20-21H2,1H3. The van der Waals surface area contributed by atoms with Crippen LogP contribution in [0.1, 0.15) is 52.5 Å². The minimum atomic E-state index is -0.521. The van der Waals surface area contributed by atoms with E-state index in [2.05, 4.69) is 13.5 Å². The fourth-order valence-corrected chi connectivity index (χ4v) is 3.32. The Morgan fingerprint density at radius 1 is 0.703 bits per heavy atom. The number of rotatable bonds is 13. The van der Waals surface area contributed by atoms with Gasteiger partial charge in [-0.25, -0.2) is 14.4 Å². The van der Waals surface area contributed by atoms with Crippen LogP contribution in [0.2, 0.25) is 0 Å². The summed E-state index contributed by atoms with van der Waals surface area (Å²) in [5.41, 5.74) is 2.01. The molecule has 0 bridgehead atoms. The van der Waals surface area contributed by atoms with Gasteiger partial charge < -0.3 is 18.9 Å². The van der Waals surface area contributed by atoms with Gasteiger partial charge in [-0.2, -0.15) is 0 Å². The fourth-order valence-electron chi connectivity index (χ4n) is 3.32. The number of carbonyl (C=O) groups excluding carboxylic acids is 3. The maximum atomic E-state index is 12.5. The Hall–Kier alpha value is -4.39. The normalized spacial score (nSPS) is 10.3. The quantitative estimate of drug-likeness (QED) is 0.123. The van der Waals surface area contributed by atoms with Crippen LogP contribution >= 0.6 is 0 Å². The Balaban J connectivity index is 1.43. The third-order valence-corrected chi connectivity index (χ3v) is 5.28. The predicted molar refractivity (Wildman–Crippen MR) is 139 cm³/mol. The number of ether oxygens (including phenoxy) is 4. The first-order chi connectivity index (χ1) is 18.0. The molecule has 0 aromatic heterocycles. The fraction of sp³-hybridized carbons (Fsp3) is 0.233. The van der Waals surface area contributed by atoms with Crippen LogP contribution in [0.3, 0.4) is 0 Å². The Morgan fingerprint density at radius 2 is 1.19 bits per heavy atom. The number of esters is 3. The zero-order valence-electron chi connectivity index (χ0n) is 20.8. The second-order valence-electron chi connectivity index (χ2n) is 8.15. The van der Waals surface area contributed by atoms with Crippen molar-refractivity contribution in [1.82, 2.24) is 0 Å². The molecule has 3 rings (SSSR count). The van der Waals surface area contributed by atoms with Crippen molar-refractivity contribution in [2.75, 3.05) is 13.2 Å². The molecular weight excluding hydrogens is 472 g/mol. The van der Waals surface area contributed by atoms with E-state index in [1.54, 1.807) is 60.7 Å². The summed E-state index contributed by atoms with van der Waals surface area (Å²) in [6, 6.07) is 20.2. The molecule has 7 heteroatoms. The first kappa shape index (κ1) is 27.2. The summed E-state index contributed by atoms with van der Waals surface area (Å²) in [6.07, 6.45) is 4.52. The van der Waals surface area contributed by atoms with E-state index in [-0.39, 0.29) is 0 Å². The van der Waals surface area contributed by atoms with Gasteiger partial charge >= 0.3 is 17.9 Å². The summed E-state index contributed by atoms with van der Waals surface area (Å²) in [4.78, 5) is 35.8. The summed E-state index contributed by atoms with van der Waals surface area (Å²) < 4.78 is 21.3. The van der Waals surface area contributed by atoms with Crippen molar-refractivity contribution in [3.63, 3.8) is 0 Å². The average Bonchev–Trinajstić information content (AvgIpc) is 2.92. The maximum Gasteiger partial charge on any atom is 0.343 e. The predicted octanol–water partition coefficient (Wildman–Crippen LogP) is 5.97. The van der Waals surface area contributed by atoms with Gasteiger partial charge in [-0.05, 0) is 85.5 Å². The molecule has 0 aliphatic rings. The van der Waals surface area contributed by atoms with Crippen LogP contribution in [0, 0.1) is 0 Å². The van der Waals surface area contributed by atoms with Gasteiger partial charge in [0, 0.05) is 6.08 Å². The second-order valence-corrected chi connectivity index (χ2v) is 8.15. The summed E-state index contributed by atoms with van der Waals surface area (Å²) in [5, 5.41) is 0. The Bertz CT molecular complexity index is 1180. The molecule has 0 saturated carbocycles. The van der Waals surface area contributed by atoms with Crippen LogP contribution < -0.4 is 14.2 Å². The molecule has 0 spiro atoms. The Labute approximate surface area is 216 Å². The van der Waals surface area contributed by atoms with Crippen molar-refractivity contribution < 1.29 is 33.3 Å². The molecule has 0 radical (unpaired) electrons. The van der Waals surface area contributed by atoms with E-state index in [9.17, 15) is 14.4 Å². The molecule has 0 atom stereocenters. The molecule has 192 valence electrons. The van der Waals surface area contributed by atoms with Crippen molar-refractivity contribution in [3.8, 4) is 17.2 Å². The number of hydrogen-bond acceptors (Lipinski definition) is 7. The van der Waals surface area contributed by atoms with Crippen LogP contribution in [0.25, 0.3) is 0 Å². The van der Waals surface area contributed by atoms with Gasteiger partial charge in [-0.3, -0.25) is 0 Å². The molecule has 0 heterocycles. The molecule has 37 heavy (non-hydrogen) atoms. The van der Waals surface area contributed by atoms with E-state index in [0.717, 1.165) is 18.9 Å². The van der Waals surface area contributed by atoms with E-state index >= 15 is 0 Å². The van der Waals surface area contributed by atoms with E-state index in [0.29, 0.717) is 54.4 Å². The molecule has 0 N–H and O–H groups in total. The number of hydrogen-bond donors (Lipinski definition) is 0. The molecule has 0 aliphatic carbocycles. The van der Waals surface area contributed by atoms with Gasteiger partial charge in [0.25, 0.3) is 0 Å². The third kappa shape index (κ3) is 8.96. The van der Waals surface area contributed by atoms with E-state index in [1.807, 2.05) is 12.1 Å². The summed E-state index contributed by atoms with van der Waals surface area (Å²) >= 11 is 0. The van der Waals surface area contributed by atoms with E-state index in [1.165, 1.54) is 5.56 Å². The second kappa shape index (κ2) is 14.2. The monoisotopic (exact) mass is 502 g/mol. The van der Waals surface area contributed by atoms with Crippen LogP contribution in [0.4, 0.5) is 0 Å². The number of carbonyl (C=O) groups is 3.